The predicted octanol–water partition coefficient (Wildman–Crippen LogP) is 4.07. The number of amides is 3. The molecular weight excluding hydrogens is 526 g/mol. The Kier molecular flexibility index (Phi) is 7.75. The highest BCUT2D eigenvalue weighted by Crippen LogP contribution is 2.39. The molecule has 2 aliphatic carbocycles. The first-order valence-corrected chi connectivity index (χ1v) is 13.4. The maximum atomic E-state index is 14.0. The molecule has 0 spiro atoms. The van der Waals surface area contributed by atoms with E-state index in [2.05, 4.69) is 15.5 Å². The minimum absolute atomic E-state index is 0.0163. The maximum absolute atomic E-state index is 14.0. The summed E-state index contributed by atoms with van der Waals surface area (Å²) in [7, 11) is 0. The summed E-state index contributed by atoms with van der Waals surface area (Å²) >= 11 is 7.09. The number of carbonyl (C=O) groups excluding carboxylic acids is 3. The van der Waals surface area contributed by atoms with Gasteiger partial charge < -0.3 is 20.3 Å². The fraction of sp³-hybridized carbons (Fsp3) is 0.480. The zero-order valence-electron chi connectivity index (χ0n) is 19.9. The Labute approximate surface area is 221 Å². The number of thiophene rings is 1. The zero-order chi connectivity index (χ0) is 26.1. The number of hydrogen-bond acceptors (Lipinski definition) is 6. The van der Waals surface area contributed by atoms with Crippen LogP contribution in [0.3, 0.4) is 0 Å². The molecule has 0 radical (unpaired) electrons. The number of carbonyl (C=O) groups is 3. The molecule has 37 heavy (non-hydrogen) atoms. The van der Waals surface area contributed by atoms with E-state index < -0.39 is 18.4 Å². The van der Waals surface area contributed by atoms with E-state index in [-0.39, 0.29) is 54.8 Å². The Morgan fingerprint density at radius 1 is 1.16 bits per heavy atom. The van der Waals surface area contributed by atoms with Crippen LogP contribution in [-0.2, 0) is 14.3 Å². The van der Waals surface area contributed by atoms with Crippen molar-refractivity contribution in [3.63, 3.8) is 0 Å². The van der Waals surface area contributed by atoms with Gasteiger partial charge in [0.15, 0.2) is 0 Å². The highest BCUT2D eigenvalue weighted by Gasteiger charge is 2.45. The zero-order valence-corrected chi connectivity index (χ0v) is 21.5. The minimum Gasteiger partial charge on any atom is -0.370 e. The molecule has 2 N–H and O–H groups in total. The molecule has 198 valence electrons. The van der Waals surface area contributed by atoms with E-state index in [1.54, 1.807) is 18.2 Å². The lowest BCUT2D eigenvalue weighted by Gasteiger charge is -2.31. The normalized spacial score (nSPS) is 18.8. The van der Waals surface area contributed by atoms with Crippen LogP contribution in [0.1, 0.15) is 47.3 Å². The molecule has 0 unspecified atom stereocenters. The Balaban J connectivity index is 1.35. The topological polar surface area (TPSA) is 91.0 Å². The molecule has 1 aliphatic heterocycles. The van der Waals surface area contributed by atoms with Crippen molar-refractivity contribution < 1.29 is 27.9 Å². The van der Waals surface area contributed by atoms with Crippen molar-refractivity contribution >= 4 is 52.0 Å². The highest BCUT2D eigenvalue weighted by molar-refractivity contribution is 7.18. The molecule has 1 aromatic heterocycles. The van der Waals surface area contributed by atoms with Crippen molar-refractivity contribution in [2.45, 2.75) is 50.2 Å². The first kappa shape index (κ1) is 26.0. The lowest BCUT2D eigenvalue weighted by molar-refractivity contribution is -0.125. The molecule has 3 aliphatic rings. The van der Waals surface area contributed by atoms with Crippen LogP contribution >= 0.6 is 22.9 Å². The first-order chi connectivity index (χ1) is 17.8. The van der Waals surface area contributed by atoms with Gasteiger partial charge in [-0.15, -0.1) is 11.3 Å². The summed E-state index contributed by atoms with van der Waals surface area (Å²) in [6, 6.07) is 7.19. The van der Waals surface area contributed by atoms with Gasteiger partial charge in [-0.1, -0.05) is 11.6 Å². The van der Waals surface area contributed by atoms with E-state index in [0.29, 0.717) is 21.5 Å². The van der Waals surface area contributed by atoms with Gasteiger partial charge in [0.25, 0.3) is 18.2 Å². The van der Waals surface area contributed by atoms with Crippen molar-refractivity contribution in [3.8, 4) is 0 Å². The van der Waals surface area contributed by atoms with Crippen LogP contribution in [0.25, 0.3) is 0 Å². The fourth-order valence-electron chi connectivity index (χ4n) is 4.62. The van der Waals surface area contributed by atoms with Crippen molar-refractivity contribution in [1.82, 2.24) is 10.2 Å². The number of ether oxygens (including phenoxy) is 1. The largest absolute Gasteiger partial charge is 0.370 e. The third-order valence-electron chi connectivity index (χ3n) is 6.68. The predicted molar refractivity (Wildman–Crippen MR) is 137 cm³/mol. The van der Waals surface area contributed by atoms with E-state index in [0.717, 1.165) is 37.0 Å². The van der Waals surface area contributed by atoms with E-state index in [1.807, 2.05) is 0 Å². The van der Waals surface area contributed by atoms with Crippen molar-refractivity contribution in [2.75, 3.05) is 36.5 Å². The summed E-state index contributed by atoms with van der Waals surface area (Å²) < 4.78 is 33.7. The Morgan fingerprint density at radius 3 is 2.49 bits per heavy atom. The Morgan fingerprint density at radius 2 is 1.89 bits per heavy atom. The number of benzene rings is 1. The van der Waals surface area contributed by atoms with Crippen molar-refractivity contribution in [1.29, 1.82) is 0 Å². The molecule has 1 aromatic carbocycles. The summed E-state index contributed by atoms with van der Waals surface area (Å²) in [5.41, 5.74) is -0.0551. The number of nitrogens with one attached hydrogen (secondary N) is 2. The number of rotatable bonds is 10. The standard InChI is InChI=1S/C25H27ClF2N4O4S/c26-21-8-7-20(37-21)25(35)29-12-19(32(14-1-2-14)15-3-4-15)24(34)30-18-6-5-16(11-17(18)23(27)28)31-9-10-36-13-22(31)33/h5-8,11,14-15,19,23H,1-4,9-10,12-13H2,(H,29,35)(H,30,34)/t19-/m1/s1. The Bertz CT molecular complexity index is 1180. The van der Waals surface area contributed by atoms with Gasteiger partial charge in [-0.05, 0) is 56.0 Å². The van der Waals surface area contributed by atoms with Crippen LogP contribution in [0.4, 0.5) is 20.2 Å². The highest BCUT2D eigenvalue weighted by atomic mass is 35.5. The molecule has 5 rings (SSSR count). The van der Waals surface area contributed by atoms with Gasteiger partial charge in [-0.3, -0.25) is 19.3 Å². The molecule has 2 aromatic rings. The van der Waals surface area contributed by atoms with E-state index in [9.17, 15) is 23.2 Å². The van der Waals surface area contributed by atoms with Crippen LogP contribution in [-0.4, -0.2) is 67.1 Å². The number of nitrogens with zero attached hydrogens (tertiary/aromatic N) is 2. The third kappa shape index (κ3) is 6.11. The molecule has 8 nitrogen and oxygen atoms in total. The van der Waals surface area contributed by atoms with Crippen molar-refractivity contribution in [3.05, 3.63) is 45.1 Å². The monoisotopic (exact) mass is 552 g/mol. The number of morpholine rings is 1. The fourth-order valence-corrected chi connectivity index (χ4v) is 5.58. The molecule has 1 saturated heterocycles. The lowest BCUT2D eigenvalue weighted by Crippen LogP contribution is -2.52. The summed E-state index contributed by atoms with van der Waals surface area (Å²) in [6.45, 7) is 0.517. The third-order valence-corrected chi connectivity index (χ3v) is 7.91. The van der Waals surface area contributed by atoms with Crippen molar-refractivity contribution in [2.24, 2.45) is 0 Å². The average molecular weight is 553 g/mol. The maximum Gasteiger partial charge on any atom is 0.265 e. The minimum atomic E-state index is -2.86. The van der Waals surface area contributed by atoms with Crippen LogP contribution in [0.5, 0.6) is 0 Å². The molecule has 3 amide bonds. The van der Waals surface area contributed by atoms with Crippen LogP contribution in [0.2, 0.25) is 4.34 Å². The molecule has 12 heteroatoms. The summed E-state index contributed by atoms with van der Waals surface area (Å²) in [6.07, 6.45) is 0.966. The molecule has 3 fully saturated rings. The van der Waals surface area contributed by atoms with E-state index in [4.69, 9.17) is 16.3 Å². The average Bonchev–Trinajstić information content (AvgIpc) is 3.81. The number of anilines is 2. The van der Waals surface area contributed by atoms with Gasteiger partial charge >= 0.3 is 0 Å². The molecule has 1 atom stereocenters. The summed E-state index contributed by atoms with van der Waals surface area (Å²) in [5, 5.41) is 5.51. The van der Waals surface area contributed by atoms with Gasteiger partial charge in [0, 0.05) is 42.1 Å². The Hall–Kier alpha value is -2.60. The van der Waals surface area contributed by atoms with Gasteiger partial charge in [0.05, 0.1) is 15.8 Å². The smallest absolute Gasteiger partial charge is 0.265 e. The first-order valence-electron chi connectivity index (χ1n) is 12.2. The van der Waals surface area contributed by atoms with Crippen LogP contribution < -0.4 is 15.5 Å². The van der Waals surface area contributed by atoms with Gasteiger partial charge in [0.2, 0.25) is 5.91 Å². The van der Waals surface area contributed by atoms with Gasteiger partial charge in [-0.25, -0.2) is 8.78 Å². The summed E-state index contributed by atoms with van der Waals surface area (Å²) in [5.74, 6) is -1.11. The lowest BCUT2D eigenvalue weighted by atomic mass is 10.1. The van der Waals surface area contributed by atoms with E-state index in [1.165, 1.54) is 17.0 Å². The van der Waals surface area contributed by atoms with Crippen LogP contribution in [0, 0.1) is 0 Å². The second-order valence-electron chi connectivity index (χ2n) is 9.40. The molecule has 2 saturated carbocycles. The van der Waals surface area contributed by atoms with Gasteiger partial charge in [0.1, 0.15) is 12.6 Å². The van der Waals surface area contributed by atoms with Gasteiger partial charge in [-0.2, -0.15) is 0 Å². The molecule has 2 heterocycles. The quantitative estimate of drug-likeness (QED) is 0.464. The number of halogens is 3. The number of hydrogen-bond donors (Lipinski definition) is 2. The SMILES string of the molecule is O=C(NC[C@H](C(=O)Nc1ccc(N2CCOCC2=O)cc1C(F)F)N(C1CC1)C1CC1)c1ccc(Cl)s1. The van der Waals surface area contributed by atoms with E-state index >= 15 is 0 Å². The van der Waals surface area contributed by atoms with Crippen LogP contribution in [0.15, 0.2) is 30.3 Å². The molecule has 0 bridgehead atoms. The second-order valence-corrected chi connectivity index (χ2v) is 11.1. The number of alkyl halides is 2. The molecular formula is C25H27ClF2N4O4S. The summed E-state index contributed by atoms with van der Waals surface area (Å²) in [4.78, 5) is 42.3. The second kappa shape index (κ2) is 11.0.